The van der Waals surface area contributed by atoms with Crippen LogP contribution in [0.4, 0.5) is 10.5 Å². The Morgan fingerprint density at radius 2 is 1.85 bits per heavy atom. The van der Waals surface area contributed by atoms with Gasteiger partial charge in [0.1, 0.15) is 22.8 Å². The quantitative estimate of drug-likeness (QED) is 0.506. The highest BCUT2D eigenvalue weighted by molar-refractivity contribution is 6.22. The van der Waals surface area contributed by atoms with Crippen LogP contribution in [0.1, 0.15) is 36.4 Å². The lowest BCUT2D eigenvalue weighted by molar-refractivity contribution is -0.123. The van der Waals surface area contributed by atoms with Gasteiger partial charge in [-0.25, -0.2) is 9.69 Å². The predicted molar refractivity (Wildman–Crippen MR) is 119 cm³/mol. The van der Waals surface area contributed by atoms with Crippen LogP contribution in [0.25, 0.3) is 0 Å². The minimum Gasteiger partial charge on any atom is -0.497 e. The standard InChI is InChI=1S/C23H27N5O5/c1-14-19(15(2)33-25-14)13-26-12-17(10-24-26)28-21(29)23(3,4)27(22(28)30)11-16-9-18(31-5)7-8-20(16)32-6/h7-10,12H,11,13H2,1-6H3. The van der Waals surface area contributed by atoms with Crippen LogP contribution in [0.2, 0.25) is 0 Å². The van der Waals surface area contributed by atoms with E-state index in [2.05, 4.69) is 10.3 Å². The molecule has 3 heterocycles. The minimum absolute atomic E-state index is 0.182. The van der Waals surface area contributed by atoms with Crippen molar-refractivity contribution in [3.63, 3.8) is 0 Å². The Balaban J connectivity index is 1.62. The number of carbonyl (C=O) groups excluding carboxylic acids is 2. The number of aryl methyl sites for hydroxylation is 2. The van der Waals surface area contributed by atoms with E-state index in [0.717, 1.165) is 16.8 Å². The van der Waals surface area contributed by atoms with Crippen LogP contribution >= 0.6 is 0 Å². The van der Waals surface area contributed by atoms with Crippen LogP contribution < -0.4 is 14.4 Å². The van der Waals surface area contributed by atoms with Crippen molar-refractivity contribution in [3.8, 4) is 11.5 Å². The highest BCUT2D eigenvalue weighted by Crippen LogP contribution is 2.35. The third-order valence-corrected chi connectivity index (χ3v) is 6.02. The SMILES string of the molecule is COc1ccc(OC)c(CN2C(=O)N(c3cnn(Cc4c(C)noc4C)c3)C(=O)C2(C)C)c1. The molecule has 1 fully saturated rings. The van der Waals surface area contributed by atoms with Crippen molar-refractivity contribution in [1.82, 2.24) is 19.8 Å². The van der Waals surface area contributed by atoms with Crippen molar-refractivity contribution in [2.75, 3.05) is 19.1 Å². The maximum absolute atomic E-state index is 13.4. The molecular formula is C23H27N5O5. The maximum atomic E-state index is 13.4. The van der Waals surface area contributed by atoms with Gasteiger partial charge in [0.05, 0.1) is 44.9 Å². The lowest BCUT2D eigenvalue weighted by Crippen LogP contribution is -2.43. The van der Waals surface area contributed by atoms with Crippen molar-refractivity contribution in [2.45, 2.75) is 46.3 Å². The number of ether oxygens (including phenoxy) is 2. The fraction of sp³-hybridized carbons (Fsp3) is 0.391. The Hall–Kier alpha value is -3.82. The molecule has 0 unspecified atom stereocenters. The smallest absolute Gasteiger partial charge is 0.332 e. The summed E-state index contributed by atoms with van der Waals surface area (Å²) in [5.74, 6) is 1.63. The minimum atomic E-state index is -1.06. The first kappa shape index (κ1) is 22.4. The van der Waals surface area contributed by atoms with Gasteiger partial charge in [-0.1, -0.05) is 5.16 Å². The number of rotatable bonds is 7. The van der Waals surface area contributed by atoms with Gasteiger partial charge in [0.2, 0.25) is 0 Å². The predicted octanol–water partition coefficient (Wildman–Crippen LogP) is 3.30. The van der Waals surface area contributed by atoms with Crippen molar-refractivity contribution >= 4 is 17.6 Å². The van der Waals surface area contributed by atoms with Crippen LogP contribution in [0.5, 0.6) is 11.5 Å². The van der Waals surface area contributed by atoms with Crippen molar-refractivity contribution < 1.29 is 23.6 Å². The van der Waals surface area contributed by atoms with Gasteiger partial charge in [-0.05, 0) is 45.9 Å². The molecule has 10 heteroatoms. The number of carbonyl (C=O) groups is 2. The van der Waals surface area contributed by atoms with Crippen molar-refractivity contribution in [1.29, 1.82) is 0 Å². The average molecular weight is 453 g/mol. The zero-order chi connectivity index (χ0) is 23.9. The van der Waals surface area contributed by atoms with Crippen LogP contribution in [0.15, 0.2) is 35.1 Å². The largest absolute Gasteiger partial charge is 0.497 e. The molecule has 3 amide bonds. The normalized spacial score (nSPS) is 15.5. The fourth-order valence-electron chi connectivity index (χ4n) is 3.95. The van der Waals surface area contributed by atoms with E-state index in [9.17, 15) is 9.59 Å². The number of aromatic nitrogens is 3. The second kappa shape index (κ2) is 8.27. The number of benzene rings is 1. The van der Waals surface area contributed by atoms with E-state index in [0.29, 0.717) is 29.5 Å². The molecule has 33 heavy (non-hydrogen) atoms. The highest BCUT2D eigenvalue weighted by Gasteiger charge is 2.52. The summed E-state index contributed by atoms with van der Waals surface area (Å²) < 4.78 is 17.6. The molecule has 1 saturated heterocycles. The lowest BCUT2D eigenvalue weighted by Gasteiger charge is -2.28. The third-order valence-electron chi connectivity index (χ3n) is 6.02. The number of nitrogens with zero attached hydrogens (tertiary/aromatic N) is 5. The van der Waals surface area contributed by atoms with Crippen molar-refractivity contribution in [3.05, 3.63) is 53.2 Å². The molecule has 1 aliphatic heterocycles. The monoisotopic (exact) mass is 453 g/mol. The number of amides is 3. The maximum Gasteiger partial charge on any atom is 0.332 e. The van der Waals surface area contributed by atoms with E-state index >= 15 is 0 Å². The van der Waals surface area contributed by atoms with Gasteiger partial charge in [0, 0.05) is 17.3 Å². The van der Waals surface area contributed by atoms with Gasteiger partial charge in [-0.2, -0.15) is 5.10 Å². The van der Waals surface area contributed by atoms with Crippen molar-refractivity contribution in [2.24, 2.45) is 0 Å². The first-order valence-electron chi connectivity index (χ1n) is 10.5. The zero-order valence-corrected chi connectivity index (χ0v) is 19.6. The number of methoxy groups -OCH3 is 2. The molecule has 0 radical (unpaired) electrons. The van der Waals surface area contributed by atoms with E-state index in [1.807, 2.05) is 13.8 Å². The molecular weight excluding hydrogens is 426 g/mol. The Morgan fingerprint density at radius 1 is 1.09 bits per heavy atom. The van der Waals surface area contributed by atoms with Gasteiger partial charge in [-0.3, -0.25) is 9.48 Å². The summed E-state index contributed by atoms with van der Waals surface area (Å²) in [5, 5.41) is 8.30. The Kier molecular flexibility index (Phi) is 5.61. The highest BCUT2D eigenvalue weighted by atomic mass is 16.5. The van der Waals surface area contributed by atoms with E-state index in [1.165, 1.54) is 16.0 Å². The number of urea groups is 1. The third kappa shape index (κ3) is 3.81. The van der Waals surface area contributed by atoms with Gasteiger partial charge < -0.3 is 18.9 Å². The fourth-order valence-corrected chi connectivity index (χ4v) is 3.95. The summed E-state index contributed by atoms with van der Waals surface area (Å²) in [5.41, 5.74) is 1.77. The van der Waals surface area contributed by atoms with Crippen LogP contribution in [-0.4, -0.2) is 51.5 Å². The summed E-state index contributed by atoms with van der Waals surface area (Å²) in [6, 6.07) is 4.94. The number of hydrogen-bond donors (Lipinski definition) is 0. The average Bonchev–Trinajstić information content (AvgIpc) is 3.42. The molecule has 174 valence electrons. The van der Waals surface area contributed by atoms with Crippen LogP contribution in [-0.2, 0) is 17.9 Å². The lowest BCUT2D eigenvalue weighted by atomic mass is 10.0. The first-order valence-corrected chi connectivity index (χ1v) is 10.5. The Labute approximate surface area is 191 Å². The molecule has 3 aromatic rings. The molecule has 0 N–H and O–H groups in total. The molecule has 10 nitrogen and oxygen atoms in total. The molecule has 0 atom stereocenters. The topological polar surface area (TPSA) is 103 Å². The van der Waals surface area contributed by atoms with E-state index in [1.54, 1.807) is 57.1 Å². The van der Waals surface area contributed by atoms with E-state index in [-0.39, 0.29) is 12.5 Å². The van der Waals surface area contributed by atoms with E-state index < -0.39 is 11.6 Å². The first-order chi connectivity index (χ1) is 15.7. The molecule has 0 saturated carbocycles. The Bertz CT molecular complexity index is 1190. The molecule has 0 bridgehead atoms. The molecule has 4 rings (SSSR count). The molecule has 0 aliphatic carbocycles. The Morgan fingerprint density at radius 3 is 2.48 bits per heavy atom. The number of imide groups is 1. The number of anilines is 1. The van der Waals surface area contributed by atoms with E-state index in [4.69, 9.17) is 14.0 Å². The summed E-state index contributed by atoms with van der Waals surface area (Å²) in [6.07, 6.45) is 3.19. The van der Waals surface area contributed by atoms with Crippen LogP contribution in [0.3, 0.4) is 0 Å². The zero-order valence-electron chi connectivity index (χ0n) is 19.6. The second-order valence-corrected chi connectivity index (χ2v) is 8.44. The molecule has 1 aromatic carbocycles. The second-order valence-electron chi connectivity index (χ2n) is 8.44. The summed E-state index contributed by atoms with van der Waals surface area (Å²) >= 11 is 0. The summed E-state index contributed by atoms with van der Waals surface area (Å²) in [7, 11) is 3.13. The van der Waals surface area contributed by atoms with Gasteiger partial charge in [0.15, 0.2) is 0 Å². The summed E-state index contributed by atoms with van der Waals surface area (Å²) in [4.78, 5) is 29.4. The molecule has 0 spiro atoms. The molecule has 1 aliphatic rings. The molecule has 2 aromatic heterocycles. The number of hydrogen-bond acceptors (Lipinski definition) is 7. The van der Waals surface area contributed by atoms with Gasteiger partial charge >= 0.3 is 6.03 Å². The van der Waals surface area contributed by atoms with Crippen LogP contribution in [0, 0.1) is 13.8 Å². The van der Waals surface area contributed by atoms with Gasteiger partial charge in [-0.15, -0.1) is 0 Å². The van der Waals surface area contributed by atoms with Gasteiger partial charge in [0.25, 0.3) is 5.91 Å². The summed E-state index contributed by atoms with van der Waals surface area (Å²) in [6.45, 7) is 7.76.